The fourth-order valence-electron chi connectivity index (χ4n) is 3.80. The number of rotatable bonds is 2. The monoisotopic (exact) mass is 390 g/mol. The van der Waals surface area contributed by atoms with E-state index in [0.29, 0.717) is 0 Å². The van der Waals surface area contributed by atoms with Gasteiger partial charge in [0, 0.05) is 0 Å². The third kappa shape index (κ3) is 2.78. The van der Waals surface area contributed by atoms with Gasteiger partial charge in [-0.05, 0) is 10.8 Å². The molecule has 0 radical (unpaired) electrons. The molecule has 0 unspecified atom stereocenters. The van der Waals surface area contributed by atoms with Crippen molar-refractivity contribution in [2.75, 3.05) is 0 Å². The van der Waals surface area contributed by atoms with Crippen molar-refractivity contribution in [3.05, 3.63) is 34.4 Å². The lowest BCUT2D eigenvalue weighted by molar-refractivity contribution is 0.0957. The van der Waals surface area contributed by atoms with E-state index in [-0.39, 0.29) is 0 Å². The van der Waals surface area contributed by atoms with Gasteiger partial charge in [-0.15, -0.1) is 0 Å². The summed E-state index contributed by atoms with van der Waals surface area (Å²) in [4.78, 5) is 0. The standard InChI is InChI=1S/C20H18F4N4/c1-17(2,3)20(10-28,18(4,5)6)12-15(23)13(21)11(14(22)16(12)24)19(7-25,8-26)9-27/h1-6H3. The second-order valence-electron chi connectivity index (χ2n) is 8.45. The quantitative estimate of drug-likeness (QED) is 0.530. The van der Waals surface area contributed by atoms with Crippen LogP contribution in [0.25, 0.3) is 0 Å². The van der Waals surface area contributed by atoms with Crippen LogP contribution in [0.15, 0.2) is 0 Å². The average Bonchev–Trinajstić information content (AvgIpc) is 2.58. The molecule has 0 atom stereocenters. The van der Waals surface area contributed by atoms with Crippen LogP contribution in [0, 0.1) is 79.4 Å². The van der Waals surface area contributed by atoms with Crippen molar-refractivity contribution in [3.63, 3.8) is 0 Å². The Morgan fingerprint density at radius 1 is 0.536 bits per heavy atom. The molecule has 1 rings (SSSR count). The molecule has 0 amide bonds. The van der Waals surface area contributed by atoms with Gasteiger partial charge in [0.25, 0.3) is 5.41 Å². The van der Waals surface area contributed by atoms with Crippen LogP contribution >= 0.6 is 0 Å². The van der Waals surface area contributed by atoms with Gasteiger partial charge >= 0.3 is 0 Å². The first-order chi connectivity index (χ1) is 12.6. The highest BCUT2D eigenvalue weighted by Crippen LogP contribution is 2.55. The molecule has 0 spiro atoms. The van der Waals surface area contributed by atoms with Gasteiger partial charge in [-0.2, -0.15) is 21.0 Å². The highest BCUT2D eigenvalue weighted by molar-refractivity contribution is 5.53. The van der Waals surface area contributed by atoms with Crippen molar-refractivity contribution in [1.29, 1.82) is 21.0 Å². The second-order valence-corrected chi connectivity index (χ2v) is 8.45. The summed E-state index contributed by atoms with van der Waals surface area (Å²) in [5.41, 5.74) is -10.3. The molecule has 1 aromatic carbocycles. The lowest BCUT2D eigenvalue weighted by Gasteiger charge is -2.49. The smallest absolute Gasteiger partial charge is 0.203 e. The summed E-state index contributed by atoms with van der Waals surface area (Å²) >= 11 is 0. The predicted molar refractivity (Wildman–Crippen MR) is 91.0 cm³/mol. The lowest BCUT2D eigenvalue weighted by Crippen LogP contribution is -2.51. The van der Waals surface area contributed by atoms with Crippen molar-refractivity contribution >= 4 is 0 Å². The molecule has 0 heterocycles. The van der Waals surface area contributed by atoms with Crippen LogP contribution < -0.4 is 0 Å². The van der Waals surface area contributed by atoms with E-state index in [1.807, 2.05) is 6.07 Å². The molecule has 0 aliphatic heterocycles. The summed E-state index contributed by atoms with van der Waals surface area (Å²) in [6.45, 7) is 8.97. The zero-order valence-electron chi connectivity index (χ0n) is 16.3. The molecule has 0 fully saturated rings. The maximum Gasteiger partial charge on any atom is 0.259 e. The molecule has 28 heavy (non-hydrogen) atoms. The Kier molecular flexibility index (Phi) is 5.58. The molecule has 0 saturated heterocycles. The van der Waals surface area contributed by atoms with Gasteiger partial charge in [-0.25, -0.2) is 17.6 Å². The highest BCUT2D eigenvalue weighted by atomic mass is 19.2. The molecular weight excluding hydrogens is 372 g/mol. The second kappa shape index (κ2) is 6.81. The minimum atomic E-state index is -3.09. The number of nitriles is 4. The Balaban J connectivity index is 4.33. The lowest BCUT2D eigenvalue weighted by atomic mass is 9.51. The van der Waals surface area contributed by atoms with Gasteiger partial charge in [-0.1, -0.05) is 41.5 Å². The topological polar surface area (TPSA) is 95.2 Å². The third-order valence-electron chi connectivity index (χ3n) is 4.93. The SMILES string of the molecule is CC(C)(C)C(C#N)(c1c(F)c(F)c(C(C#N)(C#N)C#N)c(F)c1F)C(C)(C)C. The van der Waals surface area contributed by atoms with Gasteiger partial charge < -0.3 is 0 Å². The van der Waals surface area contributed by atoms with Crippen LogP contribution in [0.3, 0.4) is 0 Å². The van der Waals surface area contributed by atoms with Crippen molar-refractivity contribution < 1.29 is 17.6 Å². The summed E-state index contributed by atoms with van der Waals surface area (Å²) in [5.74, 6) is -7.92. The molecule has 0 bridgehead atoms. The first-order valence-electron chi connectivity index (χ1n) is 8.15. The Morgan fingerprint density at radius 3 is 1.04 bits per heavy atom. The summed E-state index contributed by atoms with van der Waals surface area (Å²) in [6, 6.07) is 5.14. The van der Waals surface area contributed by atoms with E-state index in [4.69, 9.17) is 15.8 Å². The van der Waals surface area contributed by atoms with Crippen LogP contribution in [-0.4, -0.2) is 0 Å². The van der Waals surface area contributed by atoms with E-state index in [0.717, 1.165) is 18.2 Å². The van der Waals surface area contributed by atoms with E-state index in [9.17, 15) is 14.0 Å². The van der Waals surface area contributed by atoms with Crippen molar-refractivity contribution in [2.24, 2.45) is 10.8 Å². The summed E-state index contributed by atoms with van der Waals surface area (Å²) in [7, 11) is 0. The third-order valence-corrected chi connectivity index (χ3v) is 4.93. The predicted octanol–water partition coefficient (Wildman–Crippen LogP) is 4.91. The van der Waals surface area contributed by atoms with Crippen LogP contribution in [0.5, 0.6) is 0 Å². The Morgan fingerprint density at radius 2 is 0.821 bits per heavy atom. The molecule has 0 aliphatic rings. The van der Waals surface area contributed by atoms with Crippen molar-refractivity contribution in [1.82, 2.24) is 0 Å². The van der Waals surface area contributed by atoms with E-state index in [1.165, 1.54) is 41.5 Å². The Hall–Kier alpha value is -3.10. The fraction of sp³-hybridized carbons (Fsp3) is 0.500. The van der Waals surface area contributed by atoms with Crippen LogP contribution in [-0.2, 0) is 10.8 Å². The first-order valence-corrected chi connectivity index (χ1v) is 8.15. The Bertz CT molecular complexity index is 907. The fourth-order valence-corrected chi connectivity index (χ4v) is 3.80. The van der Waals surface area contributed by atoms with Gasteiger partial charge in [0.1, 0.15) is 18.2 Å². The van der Waals surface area contributed by atoms with Gasteiger partial charge in [0.05, 0.1) is 22.6 Å². The first kappa shape index (κ1) is 22.9. The van der Waals surface area contributed by atoms with Gasteiger partial charge in [0.2, 0.25) is 0 Å². The van der Waals surface area contributed by atoms with Gasteiger partial charge in [-0.3, -0.25) is 0 Å². The van der Waals surface area contributed by atoms with Crippen LogP contribution in [0.2, 0.25) is 0 Å². The molecule has 1 aromatic rings. The minimum absolute atomic E-state index is 1.10. The van der Waals surface area contributed by atoms with Crippen molar-refractivity contribution in [2.45, 2.75) is 52.4 Å². The van der Waals surface area contributed by atoms with E-state index >= 15 is 8.78 Å². The molecule has 0 N–H and O–H groups in total. The number of benzene rings is 1. The zero-order valence-corrected chi connectivity index (χ0v) is 16.3. The molecule has 8 heteroatoms. The van der Waals surface area contributed by atoms with Crippen LogP contribution in [0.4, 0.5) is 17.6 Å². The Labute approximate surface area is 161 Å². The van der Waals surface area contributed by atoms with E-state index < -0.39 is 56.1 Å². The summed E-state index contributed by atoms with van der Waals surface area (Å²) in [6.07, 6.45) is 0. The number of nitrogens with zero attached hydrogens (tertiary/aromatic N) is 4. The molecule has 146 valence electrons. The zero-order chi connectivity index (χ0) is 22.3. The number of hydrogen-bond acceptors (Lipinski definition) is 4. The van der Waals surface area contributed by atoms with Gasteiger partial charge in [0.15, 0.2) is 23.3 Å². The molecular formula is C20H18F4N4. The largest absolute Gasteiger partial charge is 0.259 e. The average molecular weight is 390 g/mol. The number of hydrogen-bond donors (Lipinski definition) is 0. The summed E-state index contributed by atoms with van der Waals surface area (Å²) in [5, 5.41) is 37.1. The molecule has 0 saturated carbocycles. The normalized spacial score (nSPS) is 12.5. The highest BCUT2D eigenvalue weighted by Gasteiger charge is 2.57. The molecule has 4 nitrogen and oxygen atoms in total. The van der Waals surface area contributed by atoms with Crippen LogP contribution in [0.1, 0.15) is 52.7 Å². The minimum Gasteiger partial charge on any atom is -0.203 e. The van der Waals surface area contributed by atoms with Crippen molar-refractivity contribution in [3.8, 4) is 24.3 Å². The molecule has 0 aromatic heterocycles. The number of halogens is 4. The maximum atomic E-state index is 15.1. The molecule has 0 aliphatic carbocycles. The van der Waals surface area contributed by atoms with E-state index in [1.54, 1.807) is 0 Å². The summed E-state index contributed by atoms with van der Waals surface area (Å²) < 4.78 is 60.0. The van der Waals surface area contributed by atoms with E-state index in [2.05, 4.69) is 0 Å². The maximum absolute atomic E-state index is 15.1.